The number of hydrogen-bond acceptors (Lipinski definition) is 5. The molecule has 29 heavy (non-hydrogen) atoms. The fraction of sp³-hybridized carbons (Fsp3) is 0.190. The van der Waals surface area contributed by atoms with Crippen molar-refractivity contribution in [2.45, 2.75) is 6.10 Å². The van der Waals surface area contributed by atoms with Gasteiger partial charge in [0.1, 0.15) is 11.9 Å². The summed E-state index contributed by atoms with van der Waals surface area (Å²) in [4.78, 5) is 2.22. The molecule has 8 heteroatoms. The van der Waals surface area contributed by atoms with Crippen molar-refractivity contribution in [3.63, 3.8) is 0 Å². The van der Waals surface area contributed by atoms with E-state index in [0.29, 0.717) is 28.1 Å². The fourth-order valence-corrected chi connectivity index (χ4v) is 4.06. The molecule has 0 bridgehead atoms. The van der Waals surface area contributed by atoms with Gasteiger partial charge >= 0.3 is 0 Å². The monoisotopic (exact) mass is 425 g/mol. The van der Waals surface area contributed by atoms with Crippen molar-refractivity contribution in [3.8, 4) is 11.4 Å². The fourth-order valence-electron chi connectivity index (χ4n) is 3.54. The van der Waals surface area contributed by atoms with Crippen molar-refractivity contribution in [2.75, 3.05) is 24.6 Å². The minimum absolute atomic E-state index is 0.00886. The van der Waals surface area contributed by atoms with Crippen LogP contribution in [0.2, 0.25) is 10.0 Å². The maximum Gasteiger partial charge on any atom is 0.185 e. The molecule has 2 aromatic heterocycles. The first-order chi connectivity index (χ1) is 14.2. The van der Waals surface area contributed by atoms with Crippen LogP contribution in [0.15, 0.2) is 60.7 Å². The number of rotatable bonds is 3. The maximum absolute atomic E-state index is 6.16. The van der Waals surface area contributed by atoms with E-state index in [1.165, 1.54) is 0 Å². The number of hydrogen-bond donors (Lipinski definition) is 0. The Balaban J connectivity index is 1.49. The molecule has 6 nitrogen and oxygen atoms in total. The van der Waals surface area contributed by atoms with Gasteiger partial charge in [-0.05, 0) is 35.9 Å². The second-order valence-electron chi connectivity index (χ2n) is 6.86. The van der Waals surface area contributed by atoms with Crippen LogP contribution in [0.3, 0.4) is 0 Å². The SMILES string of the molecule is Clc1cc(Cl)cc(-c2nnc3ccc(N4CCO[C@@H](c5ccccc5)C4)nn23)c1. The van der Waals surface area contributed by atoms with E-state index in [1.807, 2.05) is 30.3 Å². The largest absolute Gasteiger partial charge is 0.370 e. The molecule has 0 spiro atoms. The lowest BCUT2D eigenvalue weighted by molar-refractivity contribution is 0.0394. The summed E-state index contributed by atoms with van der Waals surface area (Å²) in [6, 6.07) is 19.4. The number of aromatic nitrogens is 4. The molecule has 0 radical (unpaired) electrons. The molecular weight excluding hydrogens is 409 g/mol. The highest BCUT2D eigenvalue weighted by Gasteiger charge is 2.23. The zero-order chi connectivity index (χ0) is 19.8. The predicted molar refractivity (Wildman–Crippen MR) is 114 cm³/mol. The highest BCUT2D eigenvalue weighted by molar-refractivity contribution is 6.35. The molecule has 146 valence electrons. The number of ether oxygens (including phenoxy) is 1. The third-order valence-corrected chi connectivity index (χ3v) is 5.37. The Kier molecular flexibility index (Phi) is 4.83. The topological polar surface area (TPSA) is 55.5 Å². The summed E-state index contributed by atoms with van der Waals surface area (Å²) < 4.78 is 7.70. The smallest absolute Gasteiger partial charge is 0.185 e. The summed E-state index contributed by atoms with van der Waals surface area (Å²) in [7, 11) is 0. The van der Waals surface area contributed by atoms with Gasteiger partial charge in [-0.25, -0.2) is 0 Å². The summed E-state index contributed by atoms with van der Waals surface area (Å²) in [5.41, 5.74) is 2.59. The Hall–Kier alpha value is -2.67. The molecule has 0 saturated carbocycles. The summed E-state index contributed by atoms with van der Waals surface area (Å²) >= 11 is 12.3. The zero-order valence-corrected chi connectivity index (χ0v) is 16.9. The van der Waals surface area contributed by atoms with E-state index in [4.69, 9.17) is 33.0 Å². The molecule has 0 unspecified atom stereocenters. The van der Waals surface area contributed by atoms with E-state index in [9.17, 15) is 0 Å². The highest BCUT2D eigenvalue weighted by Crippen LogP contribution is 2.28. The van der Waals surface area contributed by atoms with Gasteiger partial charge in [0.05, 0.1) is 6.61 Å². The first-order valence-electron chi connectivity index (χ1n) is 9.28. The van der Waals surface area contributed by atoms with Crippen LogP contribution in [-0.4, -0.2) is 39.5 Å². The molecule has 1 aliphatic rings. The van der Waals surface area contributed by atoms with E-state index in [-0.39, 0.29) is 6.10 Å². The van der Waals surface area contributed by atoms with Crippen molar-refractivity contribution in [1.29, 1.82) is 0 Å². The Morgan fingerprint density at radius 1 is 0.931 bits per heavy atom. The number of benzene rings is 2. The van der Waals surface area contributed by atoms with Crippen LogP contribution >= 0.6 is 23.2 Å². The number of halogens is 2. The van der Waals surface area contributed by atoms with E-state index >= 15 is 0 Å². The minimum atomic E-state index is 0.00886. The predicted octanol–water partition coefficient (Wildman–Crippen LogP) is 4.68. The van der Waals surface area contributed by atoms with Crippen LogP contribution in [-0.2, 0) is 4.74 Å². The molecule has 1 aliphatic heterocycles. The van der Waals surface area contributed by atoms with Gasteiger partial charge in [0.15, 0.2) is 11.5 Å². The van der Waals surface area contributed by atoms with E-state index in [1.54, 1.807) is 22.7 Å². The van der Waals surface area contributed by atoms with Gasteiger partial charge in [-0.2, -0.15) is 4.52 Å². The highest BCUT2D eigenvalue weighted by atomic mass is 35.5. The van der Waals surface area contributed by atoms with Gasteiger partial charge in [-0.3, -0.25) is 0 Å². The van der Waals surface area contributed by atoms with Gasteiger partial charge in [0.25, 0.3) is 0 Å². The van der Waals surface area contributed by atoms with Gasteiger partial charge in [-0.15, -0.1) is 15.3 Å². The molecule has 1 saturated heterocycles. The van der Waals surface area contributed by atoms with Crippen molar-refractivity contribution in [3.05, 3.63) is 76.3 Å². The molecule has 5 rings (SSSR count). The second-order valence-corrected chi connectivity index (χ2v) is 7.73. The number of fused-ring (bicyclic) bond motifs is 1. The van der Waals surface area contributed by atoms with Crippen molar-refractivity contribution < 1.29 is 4.74 Å². The van der Waals surface area contributed by atoms with Gasteiger partial charge < -0.3 is 9.64 Å². The lowest BCUT2D eigenvalue weighted by atomic mass is 10.1. The van der Waals surface area contributed by atoms with Crippen molar-refractivity contribution >= 4 is 34.7 Å². The summed E-state index contributed by atoms with van der Waals surface area (Å²) in [5.74, 6) is 1.44. The van der Waals surface area contributed by atoms with E-state index in [0.717, 1.165) is 30.0 Å². The van der Waals surface area contributed by atoms with Crippen molar-refractivity contribution in [1.82, 2.24) is 19.8 Å². The molecule has 0 amide bonds. The van der Waals surface area contributed by atoms with E-state index in [2.05, 4.69) is 27.2 Å². The molecular formula is C21H17Cl2N5O. The molecule has 0 aliphatic carbocycles. The number of nitrogens with zero attached hydrogens (tertiary/aromatic N) is 5. The van der Waals surface area contributed by atoms with Gasteiger partial charge in [0.2, 0.25) is 0 Å². The molecule has 3 heterocycles. The van der Waals surface area contributed by atoms with Crippen molar-refractivity contribution in [2.24, 2.45) is 0 Å². The van der Waals surface area contributed by atoms with Crippen LogP contribution in [0, 0.1) is 0 Å². The quantitative estimate of drug-likeness (QED) is 0.476. The standard InChI is InChI=1S/C21H17Cl2N5O/c22-16-10-15(11-17(23)12-16)21-25-24-19-6-7-20(26-28(19)21)27-8-9-29-18(13-27)14-4-2-1-3-5-14/h1-7,10-12,18H,8-9,13H2/t18-/m1/s1. The third-order valence-electron chi connectivity index (χ3n) is 4.93. The average Bonchev–Trinajstić information content (AvgIpc) is 3.17. The second kappa shape index (κ2) is 7.63. The maximum atomic E-state index is 6.16. The molecule has 1 atom stereocenters. The minimum Gasteiger partial charge on any atom is -0.370 e. The third kappa shape index (κ3) is 3.67. The van der Waals surface area contributed by atoms with E-state index < -0.39 is 0 Å². The normalized spacial score (nSPS) is 17.0. The Morgan fingerprint density at radius 3 is 2.52 bits per heavy atom. The average molecular weight is 426 g/mol. The summed E-state index contributed by atoms with van der Waals surface area (Å²) in [6.45, 7) is 2.13. The number of anilines is 1. The van der Waals surface area contributed by atoms with Crippen LogP contribution in [0.25, 0.3) is 17.0 Å². The first kappa shape index (κ1) is 18.4. The molecule has 1 fully saturated rings. The van der Waals surface area contributed by atoms with Gasteiger partial charge in [0, 0.05) is 28.7 Å². The molecule has 2 aromatic carbocycles. The van der Waals surface area contributed by atoms with Crippen LogP contribution in [0.5, 0.6) is 0 Å². The first-order valence-corrected chi connectivity index (χ1v) is 10.0. The Bertz CT molecular complexity index is 1140. The summed E-state index contributed by atoms with van der Waals surface area (Å²) in [5, 5.41) is 14.4. The molecule has 0 N–H and O–H groups in total. The van der Waals surface area contributed by atoms with Crippen LogP contribution in [0.4, 0.5) is 5.82 Å². The zero-order valence-electron chi connectivity index (χ0n) is 15.4. The van der Waals surface area contributed by atoms with Crippen LogP contribution < -0.4 is 4.90 Å². The number of morpholine rings is 1. The lowest BCUT2D eigenvalue weighted by Crippen LogP contribution is -2.39. The van der Waals surface area contributed by atoms with Gasteiger partial charge in [-0.1, -0.05) is 53.5 Å². The Morgan fingerprint density at radius 2 is 1.72 bits per heavy atom. The lowest BCUT2D eigenvalue weighted by Gasteiger charge is -2.33. The Labute approximate surface area is 177 Å². The van der Waals surface area contributed by atoms with Crippen LogP contribution in [0.1, 0.15) is 11.7 Å². The summed E-state index contributed by atoms with van der Waals surface area (Å²) in [6.07, 6.45) is 0.00886. The molecule has 4 aromatic rings.